The number of hydrogen-bond donors (Lipinski definition) is 2. The van der Waals surface area contributed by atoms with E-state index in [1.54, 1.807) is 0 Å². The minimum Gasteiger partial charge on any atom is -0.289 e. The number of allylic oxidation sites excluding steroid dienone is 1. The lowest BCUT2D eigenvalue weighted by Gasteiger charge is -2.05. The molecule has 2 N–H and O–H groups in total. The van der Waals surface area contributed by atoms with E-state index >= 15 is 0 Å². The molecule has 0 saturated carbocycles. The van der Waals surface area contributed by atoms with Gasteiger partial charge < -0.3 is 0 Å². The number of nitrogens with zero attached hydrogens (tertiary/aromatic N) is 1. The van der Waals surface area contributed by atoms with E-state index in [-0.39, 0.29) is 0 Å². The molecule has 1 aliphatic heterocycles. The summed E-state index contributed by atoms with van der Waals surface area (Å²) in [6, 6.07) is 0. The first kappa shape index (κ1) is 10.3. The molecule has 1 aliphatic rings. The van der Waals surface area contributed by atoms with E-state index in [1.807, 2.05) is 6.08 Å². The molecule has 5 nitrogen and oxygen atoms in total. The van der Waals surface area contributed by atoms with Crippen LogP contribution in [-0.2, 0) is 10.4 Å². The lowest BCUT2D eigenvalue weighted by atomic mass is 10.2. The van der Waals surface area contributed by atoms with E-state index in [2.05, 4.69) is 11.6 Å². The van der Waals surface area contributed by atoms with Gasteiger partial charge >= 0.3 is 10.4 Å². The van der Waals surface area contributed by atoms with Crippen LogP contribution in [0, 0.1) is 0 Å². The molecule has 0 bridgehead atoms. The molecule has 0 unspecified atom stereocenters. The number of aliphatic imine (C=N–C) groups is 1. The summed E-state index contributed by atoms with van der Waals surface area (Å²) in [5.41, 5.74) is 1.16. The molecule has 6 heteroatoms. The molecule has 0 aromatic carbocycles. The zero-order valence-corrected chi connectivity index (χ0v) is 6.58. The maximum Gasteiger partial charge on any atom is 0.394 e. The first-order valence-corrected chi connectivity index (χ1v) is 4.19. The quantitative estimate of drug-likeness (QED) is 0.569. The van der Waals surface area contributed by atoms with Gasteiger partial charge in [0.15, 0.2) is 0 Å². The van der Waals surface area contributed by atoms with E-state index in [4.69, 9.17) is 17.5 Å². The molecular formula is C5H9NO4S. The third kappa shape index (κ3) is 9.28. The molecule has 0 radical (unpaired) electrons. The van der Waals surface area contributed by atoms with Gasteiger partial charge in [-0.25, -0.2) is 0 Å². The third-order valence-corrected chi connectivity index (χ3v) is 0.918. The van der Waals surface area contributed by atoms with Crippen LogP contribution >= 0.6 is 0 Å². The summed E-state index contributed by atoms with van der Waals surface area (Å²) >= 11 is 0. The fourth-order valence-corrected chi connectivity index (χ4v) is 0.408. The monoisotopic (exact) mass is 179 g/mol. The van der Waals surface area contributed by atoms with Crippen LogP contribution in [0.5, 0.6) is 0 Å². The highest BCUT2D eigenvalue weighted by atomic mass is 32.3. The third-order valence-electron chi connectivity index (χ3n) is 0.918. The Hall–Kier alpha value is -0.720. The lowest BCUT2D eigenvalue weighted by Crippen LogP contribution is -2.06. The molecule has 11 heavy (non-hydrogen) atoms. The zero-order chi connectivity index (χ0) is 8.91. The maximum atomic E-state index is 8.74. The van der Waals surface area contributed by atoms with Crippen LogP contribution in [0.3, 0.4) is 0 Å². The van der Waals surface area contributed by atoms with Crippen LogP contribution in [0.2, 0.25) is 0 Å². The van der Waals surface area contributed by atoms with Crippen LogP contribution < -0.4 is 0 Å². The van der Waals surface area contributed by atoms with Crippen molar-refractivity contribution >= 4 is 16.1 Å². The number of rotatable bonds is 1. The number of hydrogen-bond acceptors (Lipinski definition) is 3. The SMILES string of the molecule is C=CC1=NCC1.O=S(=O)(O)O. The fourth-order valence-electron chi connectivity index (χ4n) is 0.408. The second-order valence-electron chi connectivity index (χ2n) is 1.78. The van der Waals surface area contributed by atoms with Gasteiger partial charge in [-0.3, -0.25) is 14.1 Å². The van der Waals surface area contributed by atoms with Crippen molar-refractivity contribution in [1.29, 1.82) is 0 Å². The van der Waals surface area contributed by atoms with E-state index in [1.165, 1.54) is 0 Å². The Morgan fingerprint density at radius 1 is 1.55 bits per heavy atom. The molecule has 1 rings (SSSR count). The Morgan fingerprint density at radius 2 is 1.91 bits per heavy atom. The van der Waals surface area contributed by atoms with Crippen molar-refractivity contribution in [3.8, 4) is 0 Å². The predicted octanol–water partition coefficient (Wildman–Crippen LogP) is 0.364. The van der Waals surface area contributed by atoms with Gasteiger partial charge in [0.1, 0.15) is 0 Å². The van der Waals surface area contributed by atoms with Crippen molar-refractivity contribution < 1.29 is 17.5 Å². The molecule has 0 atom stereocenters. The highest BCUT2D eigenvalue weighted by molar-refractivity contribution is 7.79. The van der Waals surface area contributed by atoms with Gasteiger partial charge in [0.05, 0.1) is 0 Å². The van der Waals surface area contributed by atoms with Crippen molar-refractivity contribution in [2.75, 3.05) is 6.54 Å². The first-order valence-electron chi connectivity index (χ1n) is 2.79. The fraction of sp³-hybridized carbons (Fsp3) is 0.400. The van der Waals surface area contributed by atoms with Crippen LogP contribution in [-0.4, -0.2) is 29.8 Å². The van der Waals surface area contributed by atoms with Crippen molar-refractivity contribution in [3.63, 3.8) is 0 Å². The topological polar surface area (TPSA) is 87.0 Å². The predicted molar refractivity (Wildman–Crippen MR) is 41.3 cm³/mol. The highest BCUT2D eigenvalue weighted by Gasteiger charge is 1.99. The van der Waals surface area contributed by atoms with Crippen LogP contribution in [0.4, 0.5) is 0 Å². The zero-order valence-electron chi connectivity index (χ0n) is 5.77. The van der Waals surface area contributed by atoms with Gasteiger partial charge in [0, 0.05) is 18.7 Å². The Kier molecular flexibility index (Phi) is 3.94. The van der Waals surface area contributed by atoms with E-state index < -0.39 is 10.4 Å². The average Bonchev–Trinajstić information content (AvgIpc) is 1.55. The molecule has 0 aromatic heterocycles. The molecule has 0 aromatic rings. The maximum absolute atomic E-state index is 8.74. The average molecular weight is 179 g/mol. The van der Waals surface area contributed by atoms with Gasteiger partial charge in [0.25, 0.3) is 0 Å². The summed E-state index contributed by atoms with van der Waals surface area (Å²) in [4.78, 5) is 3.99. The summed E-state index contributed by atoms with van der Waals surface area (Å²) in [6.45, 7) is 4.57. The Bertz CT molecular complexity index is 246. The standard InChI is InChI=1S/C5H7N.H2O4S/c1-2-5-3-4-6-5;1-5(2,3)4/h2H,1,3-4H2;(H2,1,2,3,4). The van der Waals surface area contributed by atoms with Gasteiger partial charge in [-0.2, -0.15) is 8.42 Å². The molecule has 0 saturated heterocycles. The van der Waals surface area contributed by atoms with Crippen molar-refractivity contribution in [3.05, 3.63) is 12.7 Å². The van der Waals surface area contributed by atoms with Gasteiger partial charge in [-0.1, -0.05) is 6.58 Å². The summed E-state index contributed by atoms with van der Waals surface area (Å²) in [5.74, 6) is 0. The molecule has 64 valence electrons. The lowest BCUT2D eigenvalue weighted by molar-refractivity contribution is 0.381. The second-order valence-corrected chi connectivity index (χ2v) is 2.67. The molecule has 0 fully saturated rings. The Labute approximate surface area is 65.0 Å². The summed E-state index contributed by atoms with van der Waals surface area (Å²) in [5, 5.41) is 0. The van der Waals surface area contributed by atoms with E-state index in [0.717, 1.165) is 18.7 Å². The molecule has 0 amide bonds. The molecular weight excluding hydrogens is 170 g/mol. The van der Waals surface area contributed by atoms with E-state index in [9.17, 15) is 0 Å². The molecule has 0 spiro atoms. The van der Waals surface area contributed by atoms with Gasteiger partial charge in [-0.15, -0.1) is 0 Å². The minimum absolute atomic E-state index is 1.02. The summed E-state index contributed by atoms with van der Waals surface area (Å²) in [6.07, 6.45) is 2.95. The van der Waals surface area contributed by atoms with E-state index in [0.29, 0.717) is 0 Å². The molecule has 1 heterocycles. The van der Waals surface area contributed by atoms with Crippen LogP contribution in [0.1, 0.15) is 6.42 Å². The van der Waals surface area contributed by atoms with Crippen LogP contribution in [0.25, 0.3) is 0 Å². The summed E-state index contributed by atoms with van der Waals surface area (Å²) < 4.78 is 31.6. The van der Waals surface area contributed by atoms with Crippen molar-refractivity contribution in [1.82, 2.24) is 0 Å². The normalized spacial score (nSPS) is 15.3. The van der Waals surface area contributed by atoms with Gasteiger partial charge in [0.2, 0.25) is 0 Å². The highest BCUT2D eigenvalue weighted by Crippen LogP contribution is 1.99. The van der Waals surface area contributed by atoms with Gasteiger partial charge in [-0.05, 0) is 6.08 Å². The first-order chi connectivity index (χ1) is 4.93. The van der Waals surface area contributed by atoms with Crippen molar-refractivity contribution in [2.24, 2.45) is 4.99 Å². The smallest absolute Gasteiger partial charge is 0.289 e. The largest absolute Gasteiger partial charge is 0.394 e. The summed E-state index contributed by atoms with van der Waals surface area (Å²) in [7, 11) is -4.67. The second kappa shape index (κ2) is 4.22. The van der Waals surface area contributed by atoms with Crippen LogP contribution in [0.15, 0.2) is 17.6 Å². The Balaban J connectivity index is 0.000000187. The Morgan fingerprint density at radius 3 is 1.91 bits per heavy atom. The van der Waals surface area contributed by atoms with Crippen molar-refractivity contribution in [2.45, 2.75) is 6.42 Å². The molecule has 0 aliphatic carbocycles. The minimum atomic E-state index is -4.67.